The number of halogens is 2. The molecule has 0 saturated heterocycles. The van der Waals surface area contributed by atoms with E-state index in [0.717, 1.165) is 11.8 Å². The van der Waals surface area contributed by atoms with Gasteiger partial charge >= 0.3 is 0 Å². The molecule has 5 nitrogen and oxygen atoms in total. The maximum absolute atomic E-state index is 9.50. The van der Waals surface area contributed by atoms with E-state index in [-0.39, 0.29) is 21.5 Å². The van der Waals surface area contributed by atoms with Crippen molar-refractivity contribution in [3.8, 4) is 11.8 Å². The highest BCUT2D eigenvalue weighted by molar-refractivity contribution is 8.19. The highest BCUT2D eigenvalue weighted by Gasteiger charge is 2.21. The number of allylic oxidation sites excluding steroid dienone is 1. The van der Waals surface area contributed by atoms with Gasteiger partial charge in [-0.3, -0.25) is 4.99 Å². The van der Waals surface area contributed by atoms with Crippen LogP contribution in [-0.2, 0) is 0 Å². The van der Waals surface area contributed by atoms with Crippen molar-refractivity contribution < 1.29 is 5.11 Å². The first kappa shape index (κ1) is 15.4. The van der Waals surface area contributed by atoms with Crippen molar-refractivity contribution in [1.29, 1.82) is 5.26 Å². The molecule has 1 N–H and O–H groups in total. The third-order valence-corrected chi connectivity index (χ3v) is 4.06. The number of nitriles is 1. The molecule has 0 unspecified atom stereocenters. The van der Waals surface area contributed by atoms with Crippen molar-refractivity contribution in [3.05, 3.63) is 44.3 Å². The van der Waals surface area contributed by atoms with Gasteiger partial charge in [-0.15, -0.1) is 0 Å². The first-order valence-corrected chi connectivity index (χ1v) is 7.05. The van der Waals surface area contributed by atoms with E-state index in [1.807, 2.05) is 0 Å². The Bertz CT molecular complexity index is 760. The number of aliphatic imine (C=N–C) groups is 2. The fraction of sp³-hybridized carbons (Fsp3) is 0.0769. The Balaban J connectivity index is 2.42. The Morgan fingerprint density at radius 2 is 2.10 bits per heavy atom. The van der Waals surface area contributed by atoms with Crippen molar-refractivity contribution >= 4 is 51.4 Å². The molecule has 0 fully saturated rings. The van der Waals surface area contributed by atoms with E-state index in [2.05, 4.69) is 14.8 Å². The third kappa shape index (κ3) is 3.20. The van der Waals surface area contributed by atoms with Gasteiger partial charge in [-0.2, -0.15) is 0 Å². The van der Waals surface area contributed by atoms with Gasteiger partial charge in [0.15, 0.2) is 5.75 Å². The van der Waals surface area contributed by atoms with Gasteiger partial charge in [0.25, 0.3) is 5.70 Å². The molecule has 1 aliphatic rings. The topological polar surface area (TPSA) is 73.1 Å². The molecule has 8 heteroatoms. The number of phenols is 1. The van der Waals surface area contributed by atoms with Gasteiger partial charge in [0, 0.05) is 0 Å². The van der Waals surface area contributed by atoms with Crippen molar-refractivity contribution in [1.82, 2.24) is 0 Å². The van der Waals surface area contributed by atoms with Crippen molar-refractivity contribution in [2.24, 2.45) is 9.98 Å². The minimum Gasteiger partial charge on any atom is -0.505 e. The molecule has 0 saturated carbocycles. The molecule has 104 valence electrons. The first-order chi connectivity index (χ1) is 9.96. The summed E-state index contributed by atoms with van der Waals surface area (Å²) in [4.78, 5) is 11.6. The zero-order valence-corrected chi connectivity index (χ0v) is 12.9. The lowest BCUT2D eigenvalue weighted by atomic mass is 10.3. The number of hydrogen-bond donors (Lipinski definition) is 1. The number of nitrogens with zero attached hydrogens (tertiary/aromatic N) is 4. The number of thioether (sulfide) groups is 1. The molecule has 0 aliphatic carbocycles. The van der Waals surface area contributed by atoms with E-state index in [1.165, 1.54) is 12.1 Å². The highest BCUT2D eigenvalue weighted by Crippen LogP contribution is 2.37. The standard InChI is InChI=1S/C13H6Cl2N4OS/c1-6-12(21-13(18-6)10(5-16)17-2)19-7-3-8(14)11(20)9(15)4-7/h3-4,20H,1H3/b13-10+,19-12?. The number of rotatable bonds is 1. The monoisotopic (exact) mass is 336 g/mol. The highest BCUT2D eigenvalue weighted by atomic mass is 35.5. The number of phenolic OH excluding ortho intramolecular Hbond substituents is 1. The van der Waals surface area contributed by atoms with Crippen molar-refractivity contribution in [2.45, 2.75) is 6.92 Å². The second kappa shape index (κ2) is 6.19. The SMILES string of the molecule is [C-]#[N+]/C(C#N)=C1\N=C(C)C(=Nc2cc(Cl)c(O)c(Cl)c2)S1. The van der Waals surface area contributed by atoms with Crippen molar-refractivity contribution in [3.63, 3.8) is 0 Å². The lowest BCUT2D eigenvalue weighted by Gasteiger charge is -2.02. The van der Waals surface area contributed by atoms with Gasteiger partial charge in [-0.25, -0.2) is 15.1 Å². The molecular weight excluding hydrogens is 331 g/mol. The zero-order chi connectivity index (χ0) is 15.6. The van der Waals surface area contributed by atoms with Gasteiger partial charge in [-0.1, -0.05) is 35.0 Å². The molecule has 0 bridgehead atoms. The number of benzene rings is 1. The molecule has 21 heavy (non-hydrogen) atoms. The summed E-state index contributed by atoms with van der Waals surface area (Å²) in [6.07, 6.45) is 0. The van der Waals surface area contributed by atoms with Crippen LogP contribution < -0.4 is 0 Å². The predicted octanol–water partition coefficient (Wildman–Crippen LogP) is 4.55. The third-order valence-electron chi connectivity index (χ3n) is 2.42. The first-order valence-electron chi connectivity index (χ1n) is 5.48. The van der Waals surface area contributed by atoms with E-state index >= 15 is 0 Å². The maximum atomic E-state index is 9.50. The Hall–Kier alpha value is -1.99. The second-order valence-corrected chi connectivity index (χ2v) is 5.64. The lowest BCUT2D eigenvalue weighted by Crippen LogP contribution is -1.98. The summed E-state index contributed by atoms with van der Waals surface area (Å²) < 4.78 is 0. The second-order valence-electron chi connectivity index (χ2n) is 3.85. The molecule has 0 radical (unpaired) electrons. The van der Waals surface area contributed by atoms with Crippen LogP contribution in [0.3, 0.4) is 0 Å². The molecule has 0 spiro atoms. The van der Waals surface area contributed by atoms with E-state index in [4.69, 9.17) is 35.0 Å². The van der Waals surface area contributed by atoms with E-state index in [0.29, 0.717) is 21.5 Å². The molecule has 0 amide bonds. The smallest absolute Gasteiger partial charge is 0.293 e. The van der Waals surface area contributed by atoms with Gasteiger partial charge in [0.05, 0.1) is 34.1 Å². The maximum Gasteiger partial charge on any atom is 0.293 e. The molecule has 1 aliphatic heterocycles. The van der Waals surface area contributed by atoms with Crippen molar-refractivity contribution in [2.75, 3.05) is 0 Å². The molecule has 1 heterocycles. The Labute approximate surface area is 135 Å². The summed E-state index contributed by atoms with van der Waals surface area (Å²) in [6.45, 7) is 8.64. The zero-order valence-electron chi connectivity index (χ0n) is 10.6. The summed E-state index contributed by atoms with van der Waals surface area (Å²) in [7, 11) is 0. The summed E-state index contributed by atoms with van der Waals surface area (Å²) in [5.41, 5.74) is 0.959. The molecule has 1 aromatic carbocycles. The summed E-state index contributed by atoms with van der Waals surface area (Å²) >= 11 is 12.8. The largest absolute Gasteiger partial charge is 0.505 e. The summed E-state index contributed by atoms with van der Waals surface area (Å²) in [5.74, 6) is -0.202. The quantitative estimate of drug-likeness (QED) is 0.603. The van der Waals surface area contributed by atoms with E-state index < -0.39 is 0 Å². The van der Waals surface area contributed by atoms with Crippen LogP contribution in [-0.4, -0.2) is 15.9 Å². The van der Waals surface area contributed by atoms with Crippen LogP contribution in [0.15, 0.2) is 32.8 Å². The molecule has 0 aromatic heterocycles. The Morgan fingerprint density at radius 1 is 1.48 bits per heavy atom. The fourth-order valence-electron chi connectivity index (χ4n) is 1.45. The minimum absolute atomic E-state index is 0.0775. The lowest BCUT2D eigenvalue weighted by molar-refractivity contribution is 0.476. The predicted molar refractivity (Wildman–Crippen MR) is 85.2 cm³/mol. The molecule has 1 aromatic rings. The van der Waals surface area contributed by atoms with Gasteiger partial charge in [-0.05, 0) is 19.1 Å². The van der Waals surface area contributed by atoms with Gasteiger partial charge in [0.2, 0.25) is 0 Å². The van der Waals surface area contributed by atoms with Crippen LogP contribution in [0, 0.1) is 17.9 Å². The van der Waals surface area contributed by atoms with Crippen LogP contribution >= 0.6 is 35.0 Å². The fourth-order valence-corrected chi connectivity index (χ4v) is 2.82. The van der Waals surface area contributed by atoms with Crippen LogP contribution in [0.2, 0.25) is 10.0 Å². The van der Waals surface area contributed by atoms with E-state index in [9.17, 15) is 5.11 Å². The van der Waals surface area contributed by atoms with Gasteiger partial charge < -0.3 is 5.11 Å². The molecule has 2 rings (SSSR count). The summed E-state index contributed by atoms with van der Waals surface area (Å²) in [6, 6.07) is 4.72. The van der Waals surface area contributed by atoms with E-state index in [1.54, 1.807) is 13.0 Å². The van der Waals surface area contributed by atoms with Crippen LogP contribution in [0.25, 0.3) is 4.85 Å². The van der Waals surface area contributed by atoms with Crippen LogP contribution in [0.1, 0.15) is 6.92 Å². The summed E-state index contributed by atoms with van der Waals surface area (Å²) in [5, 5.41) is 19.4. The minimum atomic E-state index is -0.202. The Kier molecular flexibility index (Phi) is 4.54. The molecule has 0 atom stereocenters. The Morgan fingerprint density at radius 3 is 2.62 bits per heavy atom. The van der Waals surface area contributed by atoms with Crippen LogP contribution in [0.4, 0.5) is 5.69 Å². The number of aromatic hydroxyl groups is 1. The normalized spacial score (nSPS) is 18.1. The molecular formula is C13H6Cl2N4OS. The number of hydrogen-bond acceptors (Lipinski definition) is 5. The van der Waals surface area contributed by atoms with Gasteiger partial charge in [0.1, 0.15) is 10.1 Å². The average molecular weight is 337 g/mol. The van der Waals surface area contributed by atoms with Crippen LogP contribution in [0.5, 0.6) is 5.75 Å². The average Bonchev–Trinajstić information content (AvgIpc) is 2.78.